The number of ketones is 1. The minimum atomic E-state index is -1.99. The zero-order valence-electron chi connectivity index (χ0n) is 6.85. The van der Waals surface area contributed by atoms with Gasteiger partial charge in [-0.1, -0.05) is 0 Å². The third-order valence-corrected chi connectivity index (χ3v) is 2.27. The van der Waals surface area contributed by atoms with Crippen LogP contribution in [0.5, 0.6) is 0 Å². The Labute approximate surface area is 89.6 Å². The number of carboxylic acids is 1. The minimum absolute atomic E-state index is 0.318. The van der Waals surface area contributed by atoms with Gasteiger partial charge in [0.25, 0.3) is 5.78 Å². The molecule has 0 unspecified atom stereocenters. The molecule has 1 N–H and O–H groups in total. The maximum atomic E-state index is 13.0. The van der Waals surface area contributed by atoms with Gasteiger partial charge in [0.1, 0.15) is 5.82 Å². The van der Waals surface area contributed by atoms with Crippen molar-refractivity contribution >= 4 is 27.7 Å². The second-order valence-electron chi connectivity index (χ2n) is 2.48. The maximum absolute atomic E-state index is 13.0. The summed E-state index contributed by atoms with van der Waals surface area (Å²) in [6, 6.07) is 0.318. The van der Waals surface area contributed by atoms with Crippen LogP contribution in [0.2, 0.25) is 0 Å². The van der Waals surface area contributed by atoms with Crippen molar-refractivity contribution in [1.29, 1.82) is 0 Å². The van der Waals surface area contributed by atoms with Gasteiger partial charge in [-0.25, -0.2) is 18.0 Å². The molecular formula is C8H2BrF3O3. The van der Waals surface area contributed by atoms with Crippen molar-refractivity contribution < 1.29 is 27.9 Å². The van der Waals surface area contributed by atoms with Crippen LogP contribution in [-0.2, 0) is 4.79 Å². The van der Waals surface area contributed by atoms with E-state index in [0.29, 0.717) is 6.07 Å². The third kappa shape index (κ3) is 2.01. The molecule has 0 aliphatic rings. The summed E-state index contributed by atoms with van der Waals surface area (Å²) in [6.45, 7) is 0. The van der Waals surface area contributed by atoms with E-state index in [1.165, 1.54) is 0 Å². The Morgan fingerprint density at radius 2 is 1.73 bits per heavy atom. The highest BCUT2D eigenvalue weighted by molar-refractivity contribution is 9.10. The van der Waals surface area contributed by atoms with Crippen LogP contribution in [0.1, 0.15) is 10.4 Å². The van der Waals surface area contributed by atoms with E-state index in [-0.39, 0.29) is 0 Å². The summed E-state index contributed by atoms with van der Waals surface area (Å²) in [5, 5.41) is 8.24. The van der Waals surface area contributed by atoms with Crippen molar-refractivity contribution in [3.05, 3.63) is 33.6 Å². The summed E-state index contributed by atoms with van der Waals surface area (Å²) in [6.07, 6.45) is 0. The summed E-state index contributed by atoms with van der Waals surface area (Å²) < 4.78 is 37.9. The van der Waals surface area contributed by atoms with Gasteiger partial charge in [-0.15, -0.1) is 0 Å². The molecule has 0 fully saturated rings. The average molecular weight is 283 g/mol. The van der Waals surface area contributed by atoms with Crippen molar-refractivity contribution in [2.75, 3.05) is 0 Å². The molecule has 7 heteroatoms. The summed E-state index contributed by atoms with van der Waals surface area (Å²) >= 11 is 2.40. The van der Waals surface area contributed by atoms with E-state index in [1.807, 2.05) is 0 Å². The van der Waals surface area contributed by atoms with Gasteiger partial charge in [0.2, 0.25) is 0 Å². The van der Waals surface area contributed by atoms with Crippen LogP contribution >= 0.6 is 15.9 Å². The zero-order chi connectivity index (χ0) is 11.7. The number of aliphatic carboxylic acids is 1. The Balaban J connectivity index is 3.45. The van der Waals surface area contributed by atoms with Crippen molar-refractivity contribution in [2.24, 2.45) is 0 Å². The normalized spacial score (nSPS) is 10.1. The molecule has 0 spiro atoms. The molecule has 0 heterocycles. The van der Waals surface area contributed by atoms with Crippen LogP contribution in [-0.4, -0.2) is 16.9 Å². The van der Waals surface area contributed by atoms with Crippen molar-refractivity contribution in [1.82, 2.24) is 0 Å². The van der Waals surface area contributed by atoms with E-state index in [2.05, 4.69) is 15.9 Å². The Morgan fingerprint density at radius 1 is 1.20 bits per heavy atom. The van der Waals surface area contributed by atoms with Crippen LogP contribution in [0.25, 0.3) is 0 Å². The van der Waals surface area contributed by atoms with E-state index in [1.54, 1.807) is 0 Å². The number of halogens is 4. The number of benzene rings is 1. The standard InChI is InChI=1S/C8H2BrF3O3/c9-4-3(10)1-2(5(11)6(4)12)7(13)8(14)15/h1H,(H,14,15). The van der Waals surface area contributed by atoms with Gasteiger partial charge in [-0.2, -0.15) is 0 Å². The number of hydrogen-bond acceptors (Lipinski definition) is 2. The molecule has 0 amide bonds. The van der Waals surface area contributed by atoms with Gasteiger partial charge in [-0.05, 0) is 22.0 Å². The molecule has 0 bridgehead atoms. The van der Waals surface area contributed by atoms with Gasteiger partial charge in [0.15, 0.2) is 11.6 Å². The summed E-state index contributed by atoms with van der Waals surface area (Å²) in [5.41, 5.74) is -1.15. The Kier molecular flexibility index (Phi) is 3.13. The first-order chi connectivity index (χ1) is 6.86. The molecule has 1 rings (SSSR count). The van der Waals surface area contributed by atoms with E-state index < -0.39 is 39.2 Å². The number of Topliss-reactive ketones (excluding diaryl/α,β-unsaturated/α-hetero) is 1. The van der Waals surface area contributed by atoms with Crippen LogP contribution < -0.4 is 0 Å². The van der Waals surface area contributed by atoms with E-state index >= 15 is 0 Å². The zero-order valence-corrected chi connectivity index (χ0v) is 8.44. The number of rotatable bonds is 2. The fraction of sp³-hybridized carbons (Fsp3) is 0. The molecule has 1 aromatic rings. The van der Waals surface area contributed by atoms with Gasteiger partial charge in [0, 0.05) is 0 Å². The van der Waals surface area contributed by atoms with Gasteiger partial charge in [-0.3, -0.25) is 4.79 Å². The first-order valence-corrected chi connectivity index (χ1v) is 4.26. The predicted octanol–water partition coefficient (Wildman–Crippen LogP) is 2.13. The lowest BCUT2D eigenvalue weighted by molar-refractivity contribution is -0.131. The largest absolute Gasteiger partial charge is 0.475 e. The van der Waals surface area contributed by atoms with E-state index in [9.17, 15) is 22.8 Å². The molecule has 0 aromatic heterocycles. The van der Waals surface area contributed by atoms with Crippen LogP contribution in [0.15, 0.2) is 10.5 Å². The topological polar surface area (TPSA) is 54.4 Å². The Morgan fingerprint density at radius 3 is 2.20 bits per heavy atom. The van der Waals surface area contributed by atoms with Gasteiger partial charge in [0.05, 0.1) is 10.0 Å². The lowest BCUT2D eigenvalue weighted by atomic mass is 10.1. The molecule has 0 saturated heterocycles. The molecule has 15 heavy (non-hydrogen) atoms. The van der Waals surface area contributed by atoms with Crippen LogP contribution in [0.4, 0.5) is 13.2 Å². The quantitative estimate of drug-likeness (QED) is 0.391. The number of carboxylic acid groups (broad SMARTS) is 1. The number of carbonyl (C=O) groups is 2. The molecule has 0 aliphatic carbocycles. The fourth-order valence-corrected chi connectivity index (χ4v) is 1.14. The number of hydrogen-bond donors (Lipinski definition) is 1. The average Bonchev–Trinajstić information content (AvgIpc) is 2.19. The molecule has 1 aromatic carbocycles. The lowest BCUT2D eigenvalue weighted by Crippen LogP contribution is -2.16. The highest BCUT2D eigenvalue weighted by atomic mass is 79.9. The van der Waals surface area contributed by atoms with Crippen molar-refractivity contribution in [3.63, 3.8) is 0 Å². The fourth-order valence-electron chi connectivity index (χ4n) is 0.853. The van der Waals surface area contributed by atoms with Crippen LogP contribution in [0, 0.1) is 17.5 Å². The second-order valence-corrected chi connectivity index (χ2v) is 3.28. The smallest absolute Gasteiger partial charge is 0.377 e. The minimum Gasteiger partial charge on any atom is -0.475 e. The van der Waals surface area contributed by atoms with Crippen LogP contribution in [0.3, 0.4) is 0 Å². The Bertz CT molecular complexity index is 459. The first-order valence-electron chi connectivity index (χ1n) is 3.47. The third-order valence-electron chi connectivity index (χ3n) is 1.54. The molecule has 80 valence electrons. The maximum Gasteiger partial charge on any atom is 0.377 e. The first kappa shape index (κ1) is 11.7. The lowest BCUT2D eigenvalue weighted by Gasteiger charge is -2.03. The van der Waals surface area contributed by atoms with Crippen molar-refractivity contribution in [2.45, 2.75) is 0 Å². The molecule has 0 atom stereocenters. The molecule has 0 saturated carbocycles. The van der Waals surface area contributed by atoms with Gasteiger partial charge < -0.3 is 5.11 Å². The highest BCUT2D eigenvalue weighted by Gasteiger charge is 2.25. The summed E-state index contributed by atoms with van der Waals surface area (Å²) in [5.74, 6) is -8.29. The summed E-state index contributed by atoms with van der Waals surface area (Å²) in [7, 11) is 0. The molecular weight excluding hydrogens is 281 g/mol. The number of carbonyl (C=O) groups excluding carboxylic acids is 1. The van der Waals surface area contributed by atoms with E-state index in [0.717, 1.165) is 0 Å². The van der Waals surface area contributed by atoms with E-state index in [4.69, 9.17) is 5.11 Å². The molecule has 3 nitrogen and oxygen atoms in total. The Hall–Kier alpha value is -1.37. The van der Waals surface area contributed by atoms with Gasteiger partial charge >= 0.3 is 5.97 Å². The second kappa shape index (κ2) is 4.01. The molecule has 0 radical (unpaired) electrons. The monoisotopic (exact) mass is 282 g/mol. The SMILES string of the molecule is O=C(O)C(=O)c1cc(F)c(Br)c(F)c1F. The summed E-state index contributed by atoms with van der Waals surface area (Å²) in [4.78, 5) is 21.0. The predicted molar refractivity (Wildman–Crippen MR) is 46.0 cm³/mol. The highest BCUT2D eigenvalue weighted by Crippen LogP contribution is 2.24. The van der Waals surface area contributed by atoms with Crippen molar-refractivity contribution in [3.8, 4) is 0 Å². The molecule has 0 aliphatic heterocycles.